The lowest BCUT2D eigenvalue weighted by atomic mass is 9.96. The van der Waals surface area contributed by atoms with Crippen LogP contribution in [0.15, 0.2) is 109 Å². The summed E-state index contributed by atoms with van der Waals surface area (Å²) < 4.78 is 17.9. The molecule has 248 valence electrons. The molecule has 3 heterocycles. The standard InChI is InChI=1S/C41H39N3O5/c1-41(2,3)49-40(46)43-23-21-28(22-24-43)25-31-17-18-34-37-32(31)15-10-16-33(37)39(45)44(34)35-19-20-36(47-26-29-11-6-4-7-12-29)42-38(35)48-27-30-13-8-5-9-14-30/h4-20,25H,21-24,26-27H2,1-3H3. The van der Waals surface area contributed by atoms with Crippen molar-refractivity contribution in [1.82, 2.24) is 9.88 Å². The van der Waals surface area contributed by atoms with Crippen LogP contribution in [0.3, 0.4) is 0 Å². The van der Waals surface area contributed by atoms with E-state index in [0.717, 1.165) is 46.0 Å². The Morgan fingerprint density at radius 3 is 2.10 bits per heavy atom. The summed E-state index contributed by atoms with van der Waals surface area (Å²) in [4.78, 5) is 35.0. The van der Waals surface area contributed by atoms with Crippen molar-refractivity contribution in [3.05, 3.63) is 131 Å². The van der Waals surface area contributed by atoms with E-state index >= 15 is 0 Å². The quantitative estimate of drug-likeness (QED) is 0.166. The summed E-state index contributed by atoms with van der Waals surface area (Å²) >= 11 is 0. The van der Waals surface area contributed by atoms with Crippen LogP contribution < -0.4 is 14.4 Å². The number of piperidine rings is 1. The summed E-state index contributed by atoms with van der Waals surface area (Å²) in [6.45, 7) is 7.51. The fourth-order valence-electron chi connectivity index (χ4n) is 6.27. The van der Waals surface area contributed by atoms with Crippen molar-refractivity contribution in [1.29, 1.82) is 0 Å². The average Bonchev–Trinajstić information content (AvgIpc) is 3.40. The molecule has 8 heteroatoms. The minimum Gasteiger partial charge on any atom is -0.473 e. The van der Waals surface area contributed by atoms with E-state index in [1.165, 1.54) is 5.57 Å². The highest BCUT2D eigenvalue weighted by atomic mass is 16.6. The second-order valence-corrected chi connectivity index (χ2v) is 13.3. The van der Waals surface area contributed by atoms with Crippen LogP contribution in [0.1, 0.15) is 60.7 Å². The third kappa shape index (κ3) is 6.99. The number of hydrogen-bond donors (Lipinski definition) is 0. The normalized spacial score (nSPS) is 14.3. The third-order valence-corrected chi connectivity index (χ3v) is 8.65. The van der Waals surface area contributed by atoms with E-state index < -0.39 is 5.60 Å². The summed E-state index contributed by atoms with van der Waals surface area (Å²) in [5.74, 6) is 0.580. The van der Waals surface area contributed by atoms with Crippen LogP contribution in [0.2, 0.25) is 0 Å². The van der Waals surface area contributed by atoms with E-state index in [1.54, 1.807) is 15.9 Å². The molecule has 0 unspecified atom stereocenters. The van der Waals surface area contributed by atoms with Crippen molar-refractivity contribution in [2.45, 2.75) is 52.4 Å². The van der Waals surface area contributed by atoms with Gasteiger partial charge in [0.25, 0.3) is 5.91 Å². The highest BCUT2D eigenvalue weighted by molar-refractivity contribution is 6.28. The van der Waals surface area contributed by atoms with Crippen molar-refractivity contribution < 1.29 is 23.8 Å². The smallest absolute Gasteiger partial charge is 0.410 e. The fraction of sp³-hybridized carbons (Fsp3) is 0.244. The molecule has 4 aromatic carbocycles. The van der Waals surface area contributed by atoms with Crippen molar-refractivity contribution in [3.8, 4) is 11.8 Å². The third-order valence-electron chi connectivity index (χ3n) is 8.65. The van der Waals surface area contributed by atoms with Crippen LogP contribution in [0.25, 0.3) is 16.8 Å². The van der Waals surface area contributed by atoms with Gasteiger partial charge in [-0.3, -0.25) is 9.69 Å². The zero-order valence-corrected chi connectivity index (χ0v) is 28.0. The molecule has 0 N–H and O–H groups in total. The molecule has 0 spiro atoms. The Morgan fingerprint density at radius 2 is 1.43 bits per heavy atom. The Balaban J connectivity index is 1.18. The molecule has 0 saturated carbocycles. The highest BCUT2D eigenvalue weighted by Gasteiger charge is 2.34. The molecule has 7 rings (SSSR count). The number of aromatic nitrogens is 1. The molecule has 2 aliphatic heterocycles. The van der Waals surface area contributed by atoms with E-state index in [2.05, 4.69) is 18.2 Å². The van der Waals surface area contributed by atoms with Crippen LogP contribution in [0.4, 0.5) is 16.2 Å². The number of carbonyl (C=O) groups is 2. The number of carbonyl (C=O) groups excluding carboxylic acids is 2. The lowest BCUT2D eigenvalue weighted by Crippen LogP contribution is -2.40. The van der Waals surface area contributed by atoms with E-state index in [4.69, 9.17) is 19.2 Å². The second-order valence-electron chi connectivity index (χ2n) is 13.3. The molecule has 2 amide bonds. The first-order valence-electron chi connectivity index (χ1n) is 16.7. The molecule has 0 aliphatic carbocycles. The molecule has 1 aromatic heterocycles. The van der Waals surface area contributed by atoms with Gasteiger partial charge in [-0.05, 0) is 73.9 Å². The number of anilines is 2. The Labute approximate surface area is 286 Å². The van der Waals surface area contributed by atoms with Crippen molar-refractivity contribution >= 4 is 40.2 Å². The van der Waals surface area contributed by atoms with Gasteiger partial charge in [0.1, 0.15) is 24.5 Å². The van der Waals surface area contributed by atoms with Gasteiger partial charge in [0.2, 0.25) is 11.8 Å². The molecule has 0 bridgehead atoms. The minimum atomic E-state index is -0.522. The van der Waals surface area contributed by atoms with Crippen LogP contribution in [-0.4, -0.2) is 40.6 Å². The first-order chi connectivity index (χ1) is 23.7. The van der Waals surface area contributed by atoms with Crippen LogP contribution in [-0.2, 0) is 18.0 Å². The molecule has 8 nitrogen and oxygen atoms in total. The van der Waals surface area contributed by atoms with E-state index in [9.17, 15) is 9.59 Å². The predicted octanol–water partition coefficient (Wildman–Crippen LogP) is 9.10. The molecule has 5 aromatic rings. The number of benzene rings is 4. The summed E-state index contributed by atoms with van der Waals surface area (Å²) in [6, 6.07) is 33.3. The van der Waals surface area contributed by atoms with Gasteiger partial charge in [-0.1, -0.05) is 90.5 Å². The van der Waals surface area contributed by atoms with Crippen LogP contribution in [0.5, 0.6) is 11.8 Å². The van der Waals surface area contributed by atoms with Gasteiger partial charge in [-0.15, -0.1) is 0 Å². The van der Waals surface area contributed by atoms with Gasteiger partial charge >= 0.3 is 6.09 Å². The maximum Gasteiger partial charge on any atom is 0.410 e. The zero-order chi connectivity index (χ0) is 34.0. The molecule has 49 heavy (non-hydrogen) atoms. The number of ether oxygens (including phenoxy) is 3. The van der Waals surface area contributed by atoms with Gasteiger partial charge in [0.05, 0.1) is 11.3 Å². The van der Waals surface area contributed by atoms with Crippen molar-refractivity contribution in [2.75, 3.05) is 18.0 Å². The first-order valence-corrected chi connectivity index (χ1v) is 16.7. The van der Waals surface area contributed by atoms with Crippen molar-refractivity contribution in [2.24, 2.45) is 0 Å². The summed E-state index contributed by atoms with van der Waals surface area (Å²) in [7, 11) is 0. The predicted molar refractivity (Wildman–Crippen MR) is 191 cm³/mol. The van der Waals surface area contributed by atoms with E-state index in [0.29, 0.717) is 42.7 Å². The Kier molecular flexibility index (Phi) is 8.78. The topological polar surface area (TPSA) is 81.2 Å². The Bertz CT molecular complexity index is 2030. The monoisotopic (exact) mass is 653 g/mol. The number of rotatable bonds is 8. The van der Waals surface area contributed by atoms with Crippen LogP contribution in [0, 0.1) is 0 Å². The molecule has 0 atom stereocenters. The average molecular weight is 654 g/mol. The summed E-state index contributed by atoms with van der Waals surface area (Å²) in [5, 5.41) is 1.89. The van der Waals surface area contributed by atoms with E-state index in [-0.39, 0.29) is 18.6 Å². The number of likely N-dealkylation sites (tertiary alicyclic amines) is 1. The van der Waals surface area contributed by atoms with Gasteiger partial charge in [0.15, 0.2) is 0 Å². The van der Waals surface area contributed by atoms with Gasteiger partial charge in [0, 0.05) is 24.5 Å². The summed E-state index contributed by atoms with van der Waals surface area (Å²) in [5.41, 5.74) is 5.74. The lowest BCUT2D eigenvalue weighted by molar-refractivity contribution is 0.0236. The lowest BCUT2D eigenvalue weighted by Gasteiger charge is -2.31. The molecular weight excluding hydrogens is 614 g/mol. The van der Waals surface area contributed by atoms with Crippen LogP contribution >= 0.6 is 0 Å². The summed E-state index contributed by atoms with van der Waals surface area (Å²) in [6.07, 6.45) is 3.46. The zero-order valence-electron chi connectivity index (χ0n) is 28.0. The second kappa shape index (κ2) is 13.5. The minimum absolute atomic E-state index is 0.139. The Hall–Kier alpha value is -5.63. The number of pyridine rings is 1. The number of amides is 2. The van der Waals surface area contributed by atoms with Crippen molar-refractivity contribution in [3.63, 3.8) is 0 Å². The largest absolute Gasteiger partial charge is 0.473 e. The van der Waals surface area contributed by atoms with Gasteiger partial charge in [-0.25, -0.2) is 4.79 Å². The highest BCUT2D eigenvalue weighted by Crippen LogP contribution is 2.46. The SMILES string of the molecule is CC(C)(C)OC(=O)N1CCC(=Cc2ccc3c4c(cccc24)C(=O)N3c2ccc(OCc3ccccc3)nc2OCc2ccccc2)CC1. The van der Waals surface area contributed by atoms with Gasteiger partial charge < -0.3 is 19.1 Å². The maximum atomic E-state index is 14.1. The molecule has 1 saturated heterocycles. The maximum absolute atomic E-state index is 14.1. The molecular formula is C41H39N3O5. The fourth-order valence-corrected chi connectivity index (χ4v) is 6.27. The number of hydrogen-bond acceptors (Lipinski definition) is 6. The first kappa shape index (κ1) is 31.9. The molecule has 0 radical (unpaired) electrons. The number of nitrogens with zero attached hydrogens (tertiary/aromatic N) is 3. The Morgan fingerprint density at radius 1 is 0.776 bits per heavy atom. The molecule has 1 fully saturated rings. The van der Waals surface area contributed by atoms with Gasteiger partial charge in [-0.2, -0.15) is 4.98 Å². The molecule has 2 aliphatic rings. The van der Waals surface area contributed by atoms with E-state index in [1.807, 2.05) is 106 Å².